The van der Waals surface area contributed by atoms with Crippen molar-refractivity contribution in [2.75, 3.05) is 0 Å². The van der Waals surface area contributed by atoms with Crippen LogP contribution in [0.5, 0.6) is 0 Å². The molecule has 128 valence electrons. The van der Waals surface area contributed by atoms with Gasteiger partial charge in [-0.3, -0.25) is 0 Å². The largest absolute Gasteiger partial charge is 0.138 e. The first-order chi connectivity index (χ1) is 10.8. The summed E-state index contributed by atoms with van der Waals surface area (Å²) in [7, 11) is -1.30. The van der Waals surface area contributed by atoms with Crippen LogP contribution in [-0.4, -0.2) is 8.07 Å². The zero-order valence-corrected chi connectivity index (χ0v) is 16.7. The summed E-state index contributed by atoms with van der Waals surface area (Å²) >= 11 is 0. The molecule has 22 heavy (non-hydrogen) atoms. The van der Waals surface area contributed by atoms with Crippen molar-refractivity contribution in [3.63, 3.8) is 0 Å². The molecule has 1 fully saturated rings. The van der Waals surface area contributed by atoms with Gasteiger partial charge in [0.25, 0.3) is 0 Å². The van der Waals surface area contributed by atoms with Crippen LogP contribution in [0.15, 0.2) is 0 Å². The smallest absolute Gasteiger partial charge is 0.131 e. The average Bonchev–Trinajstić information content (AvgIpc) is 2.57. The SMILES string of the molecule is CCCC[Si](C#CCC1CCCCC1)(CCCC)CCCC. The topological polar surface area (TPSA) is 0 Å². The lowest BCUT2D eigenvalue weighted by Crippen LogP contribution is -2.32. The first kappa shape index (κ1) is 19.8. The highest BCUT2D eigenvalue weighted by atomic mass is 28.3. The summed E-state index contributed by atoms with van der Waals surface area (Å²) in [5.74, 6) is 4.66. The number of rotatable bonds is 10. The van der Waals surface area contributed by atoms with Crippen LogP contribution < -0.4 is 0 Å². The van der Waals surface area contributed by atoms with E-state index in [0.29, 0.717) is 0 Å². The van der Waals surface area contributed by atoms with Gasteiger partial charge in [0.2, 0.25) is 0 Å². The van der Waals surface area contributed by atoms with Gasteiger partial charge < -0.3 is 0 Å². The molecule has 1 aliphatic carbocycles. The minimum absolute atomic E-state index is 0.927. The number of hydrogen-bond acceptors (Lipinski definition) is 0. The van der Waals surface area contributed by atoms with E-state index in [2.05, 4.69) is 32.2 Å². The quantitative estimate of drug-likeness (QED) is 0.291. The zero-order chi connectivity index (χ0) is 16.1. The third-order valence-corrected chi connectivity index (χ3v) is 10.1. The van der Waals surface area contributed by atoms with E-state index in [1.807, 2.05) is 0 Å². The van der Waals surface area contributed by atoms with Gasteiger partial charge in [-0.15, -0.1) is 11.5 Å². The molecule has 1 rings (SSSR count). The summed E-state index contributed by atoms with van der Waals surface area (Å²) in [6.45, 7) is 7.02. The van der Waals surface area contributed by atoms with Crippen LogP contribution in [0.3, 0.4) is 0 Å². The summed E-state index contributed by atoms with van der Waals surface area (Å²) in [5.41, 5.74) is 3.97. The van der Waals surface area contributed by atoms with Crippen molar-refractivity contribution in [3.05, 3.63) is 0 Å². The highest BCUT2D eigenvalue weighted by Gasteiger charge is 2.29. The molecule has 0 atom stereocenters. The minimum atomic E-state index is -1.30. The van der Waals surface area contributed by atoms with Crippen LogP contribution in [0.25, 0.3) is 0 Å². The molecule has 0 aromatic rings. The summed E-state index contributed by atoms with van der Waals surface area (Å²) in [6, 6.07) is 4.42. The Morgan fingerprint density at radius 2 is 1.27 bits per heavy atom. The predicted octanol–water partition coefficient (Wildman–Crippen LogP) is 7.35. The molecular weight excluding hydrogens is 280 g/mol. The van der Waals surface area contributed by atoms with Crippen LogP contribution in [0.4, 0.5) is 0 Å². The van der Waals surface area contributed by atoms with E-state index in [0.717, 1.165) is 5.92 Å². The molecule has 0 aromatic heterocycles. The van der Waals surface area contributed by atoms with Crippen molar-refractivity contribution in [1.29, 1.82) is 0 Å². The molecule has 0 radical (unpaired) electrons. The molecule has 0 aliphatic heterocycles. The molecule has 0 amide bonds. The van der Waals surface area contributed by atoms with Gasteiger partial charge in [-0.25, -0.2) is 0 Å². The van der Waals surface area contributed by atoms with Crippen molar-refractivity contribution < 1.29 is 0 Å². The second kappa shape index (κ2) is 12.2. The number of unbranched alkanes of at least 4 members (excludes halogenated alkanes) is 3. The Kier molecular flexibility index (Phi) is 11.0. The van der Waals surface area contributed by atoms with Crippen molar-refractivity contribution in [1.82, 2.24) is 0 Å². The van der Waals surface area contributed by atoms with Crippen LogP contribution in [0.2, 0.25) is 18.1 Å². The van der Waals surface area contributed by atoms with E-state index in [9.17, 15) is 0 Å². The monoisotopic (exact) mass is 320 g/mol. The third-order valence-electron chi connectivity index (χ3n) is 5.50. The summed E-state index contributed by atoms with van der Waals surface area (Å²) in [5, 5.41) is 0. The second-order valence-corrected chi connectivity index (χ2v) is 11.9. The lowest BCUT2D eigenvalue weighted by atomic mass is 9.87. The van der Waals surface area contributed by atoms with E-state index in [1.54, 1.807) is 0 Å². The van der Waals surface area contributed by atoms with Gasteiger partial charge in [-0.05, 0) is 36.9 Å². The molecule has 0 unspecified atom stereocenters. The summed E-state index contributed by atoms with van der Waals surface area (Å²) < 4.78 is 0. The standard InChI is InChI=1S/C21H40Si/c1-4-7-17-22(18-8-5-2,19-9-6-3)20-13-16-21-14-11-10-12-15-21/h21H,4-12,14-19H2,1-3H3. The fourth-order valence-electron chi connectivity index (χ4n) is 3.88. The average molecular weight is 321 g/mol. The van der Waals surface area contributed by atoms with Crippen LogP contribution in [0.1, 0.15) is 97.8 Å². The molecule has 0 spiro atoms. The Hall–Kier alpha value is -0.223. The first-order valence-electron chi connectivity index (χ1n) is 10.3. The van der Waals surface area contributed by atoms with Gasteiger partial charge >= 0.3 is 0 Å². The normalized spacial score (nSPS) is 16.3. The van der Waals surface area contributed by atoms with Gasteiger partial charge in [0, 0.05) is 6.42 Å². The van der Waals surface area contributed by atoms with Crippen molar-refractivity contribution in [2.24, 2.45) is 5.92 Å². The van der Waals surface area contributed by atoms with Gasteiger partial charge in [-0.2, -0.15) is 0 Å². The van der Waals surface area contributed by atoms with E-state index in [1.165, 1.54) is 95.2 Å². The van der Waals surface area contributed by atoms with E-state index >= 15 is 0 Å². The Labute approximate surface area is 141 Å². The van der Waals surface area contributed by atoms with Gasteiger partial charge in [-0.1, -0.05) is 78.6 Å². The summed E-state index contributed by atoms with van der Waals surface area (Å²) in [6.07, 6.45) is 16.8. The lowest BCUT2D eigenvalue weighted by Gasteiger charge is -2.26. The van der Waals surface area contributed by atoms with Gasteiger partial charge in [0.05, 0.1) is 0 Å². The fraction of sp³-hybridized carbons (Fsp3) is 0.905. The first-order valence-corrected chi connectivity index (χ1v) is 12.9. The fourth-order valence-corrected chi connectivity index (χ4v) is 8.58. The molecular formula is C21H40Si. The Morgan fingerprint density at radius 3 is 1.73 bits per heavy atom. The molecule has 0 heterocycles. The van der Waals surface area contributed by atoms with Gasteiger partial charge in [0.15, 0.2) is 0 Å². The molecule has 0 bridgehead atoms. The molecule has 0 N–H and O–H groups in total. The van der Waals surface area contributed by atoms with Crippen molar-refractivity contribution in [3.8, 4) is 11.5 Å². The second-order valence-electron chi connectivity index (χ2n) is 7.60. The lowest BCUT2D eigenvalue weighted by molar-refractivity contribution is 0.365. The Balaban J connectivity index is 2.66. The predicted molar refractivity (Wildman–Crippen MR) is 104 cm³/mol. The summed E-state index contributed by atoms with van der Waals surface area (Å²) in [4.78, 5) is 0. The highest BCUT2D eigenvalue weighted by Crippen LogP contribution is 2.29. The molecule has 1 aliphatic rings. The molecule has 0 nitrogen and oxygen atoms in total. The van der Waals surface area contributed by atoms with Crippen molar-refractivity contribution in [2.45, 2.75) is 116 Å². The van der Waals surface area contributed by atoms with Gasteiger partial charge in [0.1, 0.15) is 8.07 Å². The Morgan fingerprint density at radius 1 is 0.773 bits per heavy atom. The van der Waals surface area contributed by atoms with Crippen LogP contribution >= 0.6 is 0 Å². The number of hydrogen-bond donors (Lipinski definition) is 0. The Bertz CT molecular complexity index is 295. The van der Waals surface area contributed by atoms with Crippen molar-refractivity contribution >= 4 is 8.07 Å². The van der Waals surface area contributed by atoms with Crippen LogP contribution in [-0.2, 0) is 0 Å². The molecule has 0 aromatic carbocycles. The molecule has 0 saturated heterocycles. The minimum Gasteiger partial charge on any atom is -0.131 e. The zero-order valence-electron chi connectivity index (χ0n) is 15.7. The van der Waals surface area contributed by atoms with E-state index < -0.39 is 8.07 Å². The molecule has 1 heteroatoms. The maximum atomic E-state index is 3.97. The maximum Gasteiger partial charge on any atom is 0.138 e. The third kappa shape index (κ3) is 7.86. The van der Waals surface area contributed by atoms with E-state index in [-0.39, 0.29) is 0 Å². The highest BCUT2D eigenvalue weighted by molar-refractivity contribution is 6.87. The van der Waals surface area contributed by atoms with E-state index in [4.69, 9.17) is 0 Å². The maximum absolute atomic E-state index is 3.97. The molecule has 1 saturated carbocycles. The van der Waals surface area contributed by atoms with Crippen LogP contribution in [0, 0.1) is 17.4 Å².